The van der Waals surface area contributed by atoms with Gasteiger partial charge >= 0.3 is 6.03 Å². The molecule has 0 radical (unpaired) electrons. The Labute approximate surface area is 180 Å². The number of carbonyl (C=O) groups is 2. The van der Waals surface area contributed by atoms with Crippen LogP contribution in [0.3, 0.4) is 0 Å². The van der Waals surface area contributed by atoms with Gasteiger partial charge in [-0.2, -0.15) is 0 Å². The van der Waals surface area contributed by atoms with E-state index in [-0.39, 0.29) is 17.7 Å². The van der Waals surface area contributed by atoms with Gasteiger partial charge in [0.15, 0.2) is 14.6 Å². The van der Waals surface area contributed by atoms with Gasteiger partial charge in [0, 0.05) is 10.7 Å². The van der Waals surface area contributed by atoms with E-state index in [2.05, 4.69) is 10.6 Å². The molecule has 4 N–H and O–H groups in total. The van der Waals surface area contributed by atoms with E-state index in [9.17, 15) is 18.0 Å². The van der Waals surface area contributed by atoms with Gasteiger partial charge in [-0.3, -0.25) is 4.79 Å². The number of primary amides is 1. The van der Waals surface area contributed by atoms with Crippen LogP contribution >= 0.6 is 11.6 Å². The second kappa shape index (κ2) is 8.65. The van der Waals surface area contributed by atoms with E-state index in [1.807, 2.05) is 0 Å². The van der Waals surface area contributed by atoms with E-state index >= 15 is 0 Å². The molecule has 3 amide bonds. The summed E-state index contributed by atoms with van der Waals surface area (Å²) >= 11 is 5.89. The molecule has 1 saturated carbocycles. The zero-order valence-electron chi connectivity index (χ0n) is 16.5. The zero-order valence-corrected chi connectivity index (χ0v) is 18.1. The molecule has 1 aliphatic rings. The first kappa shape index (κ1) is 22.1. The number of amides is 3. The minimum absolute atomic E-state index is 0.0958. The van der Waals surface area contributed by atoms with Crippen molar-refractivity contribution in [1.29, 1.82) is 0 Å². The van der Waals surface area contributed by atoms with Gasteiger partial charge in [0.25, 0.3) is 0 Å². The second-order valence-corrected chi connectivity index (χ2v) is 10.2. The van der Waals surface area contributed by atoms with Crippen molar-refractivity contribution in [1.82, 2.24) is 5.32 Å². The van der Waals surface area contributed by atoms with Crippen LogP contribution in [0, 0.1) is 0 Å². The van der Waals surface area contributed by atoms with Crippen LogP contribution in [-0.2, 0) is 14.6 Å². The number of anilines is 1. The first-order valence-corrected chi connectivity index (χ1v) is 11.5. The highest BCUT2D eigenvalue weighted by molar-refractivity contribution is 7.93. The average molecular weight is 450 g/mol. The van der Waals surface area contributed by atoms with Crippen LogP contribution in [0.2, 0.25) is 5.02 Å². The van der Waals surface area contributed by atoms with Crippen molar-refractivity contribution in [2.75, 3.05) is 5.32 Å². The SMILES string of the molecule is CC(NC(=O)C1(S(=O)(=O)c2ccc(Cl)cc2)CCCC1)c1ccc(NC(N)=O)cc1. The molecule has 1 fully saturated rings. The van der Waals surface area contributed by atoms with Crippen LogP contribution in [0.5, 0.6) is 0 Å². The molecule has 2 aromatic carbocycles. The highest BCUT2D eigenvalue weighted by atomic mass is 35.5. The van der Waals surface area contributed by atoms with Crippen molar-refractivity contribution in [3.63, 3.8) is 0 Å². The molecule has 3 rings (SSSR count). The smallest absolute Gasteiger partial charge is 0.316 e. The third kappa shape index (κ3) is 4.29. The molecule has 0 aromatic heterocycles. The first-order valence-electron chi connectivity index (χ1n) is 9.63. The Morgan fingerprint density at radius 3 is 2.13 bits per heavy atom. The fourth-order valence-corrected chi connectivity index (χ4v) is 6.01. The van der Waals surface area contributed by atoms with E-state index in [1.54, 1.807) is 31.2 Å². The molecule has 30 heavy (non-hydrogen) atoms. The summed E-state index contributed by atoms with van der Waals surface area (Å²) in [6.45, 7) is 1.78. The van der Waals surface area contributed by atoms with Gasteiger partial charge in [0.05, 0.1) is 10.9 Å². The Kier molecular flexibility index (Phi) is 6.38. The number of urea groups is 1. The Hall–Kier alpha value is -2.58. The molecule has 0 saturated heterocycles. The fourth-order valence-electron chi connectivity index (χ4n) is 3.81. The lowest BCUT2D eigenvalue weighted by Gasteiger charge is -2.29. The maximum absolute atomic E-state index is 13.4. The predicted molar refractivity (Wildman–Crippen MR) is 116 cm³/mol. The van der Waals surface area contributed by atoms with Crippen molar-refractivity contribution in [3.8, 4) is 0 Å². The maximum Gasteiger partial charge on any atom is 0.316 e. The normalized spacial score (nSPS) is 16.6. The molecule has 0 spiro atoms. The maximum atomic E-state index is 13.4. The summed E-state index contributed by atoms with van der Waals surface area (Å²) in [4.78, 5) is 24.3. The van der Waals surface area contributed by atoms with Crippen LogP contribution < -0.4 is 16.4 Å². The molecule has 0 bridgehead atoms. The number of carbonyl (C=O) groups excluding carboxylic acids is 2. The monoisotopic (exact) mass is 449 g/mol. The molecule has 9 heteroatoms. The molecule has 0 aliphatic heterocycles. The third-order valence-electron chi connectivity index (χ3n) is 5.49. The summed E-state index contributed by atoms with van der Waals surface area (Å²) in [5.74, 6) is -0.498. The van der Waals surface area contributed by atoms with Crippen LogP contribution in [0.25, 0.3) is 0 Å². The number of nitrogens with two attached hydrogens (primary N) is 1. The molecule has 0 heterocycles. The van der Waals surface area contributed by atoms with Gasteiger partial charge in [-0.15, -0.1) is 0 Å². The zero-order chi connectivity index (χ0) is 21.9. The molecule has 2 aromatic rings. The third-order valence-corrected chi connectivity index (χ3v) is 8.26. The minimum atomic E-state index is -3.90. The van der Waals surface area contributed by atoms with Crippen LogP contribution in [-0.4, -0.2) is 25.1 Å². The van der Waals surface area contributed by atoms with Crippen LogP contribution in [0.1, 0.15) is 44.2 Å². The molecule has 1 aliphatic carbocycles. The van der Waals surface area contributed by atoms with Gasteiger partial charge in [0.1, 0.15) is 0 Å². The highest BCUT2D eigenvalue weighted by Crippen LogP contribution is 2.41. The number of benzene rings is 2. The van der Waals surface area contributed by atoms with E-state index in [1.165, 1.54) is 24.3 Å². The molecule has 1 atom stereocenters. The summed E-state index contributed by atoms with van der Waals surface area (Å²) < 4.78 is 25.3. The predicted octanol–water partition coefficient (Wildman–Crippen LogP) is 3.79. The topological polar surface area (TPSA) is 118 Å². The second-order valence-electron chi connectivity index (χ2n) is 7.47. The standard InChI is InChI=1S/C21H24ClN3O4S/c1-14(15-4-8-17(9-5-15)25-20(23)27)24-19(26)21(12-2-3-13-21)30(28,29)18-10-6-16(22)7-11-18/h4-11,14H,2-3,12-13H2,1H3,(H,24,26)(H3,23,25,27). The van der Waals surface area contributed by atoms with Crippen LogP contribution in [0.4, 0.5) is 10.5 Å². The molecule has 7 nitrogen and oxygen atoms in total. The Morgan fingerprint density at radius 1 is 1.03 bits per heavy atom. The lowest BCUT2D eigenvalue weighted by atomic mass is 10.0. The molecule has 1 unspecified atom stereocenters. The Morgan fingerprint density at radius 2 is 1.60 bits per heavy atom. The largest absolute Gasteiger partial charge is 0.351 e. The van der Waals surface area contributed by atoms with E-state index in [4.69, 9.17) is 17.3 Å². The summed E-state index contributed by atoms with van der Waals surface area (Å²) in [7, 11) is -3.90. The highest BCUT2D eigenvalue weighted by Gasteiger charge is 2.53. The van der Waals surface area contributed by atoms with Crippen molar-refractivity contribution in [3.05, 3.63) is 59.1 Å². The van der Waals surface area contributed by atoms with Gasteiger partial charge in [0.2, 0.25) is 5.91 Å². The lowest BCUT2D eigenvalue weighted by Crippen LogP contribution is -2.51. The van der Waals surface area contributed by atoms with Crippen LogP contribution in [0.15, 0.2) is 53.4 Å². The number of rotatable bonds is 6. The van der Waals surface area contributed by atoms with Crippen molar-refractivity contribution >= 4 is 39.1 Å². The lowest BCUT2D eigenvalue weighted by molar-refractivity contribution is -0.124. The number of sulfone groups is 1. The summed E-state index contributed by atoms with van der Waals surface area (Å²) in [6.07, 6.45) is 1.89. The Balaban J connectivity index is 1.83. The number of hydrogen-bond acceptors (Lipinski definition) is 4. The average Bonchev–Trinajstić information content (AvgIpc) is 3.20. The first-order chi connectivity index (χ1) is 14.2. The molecular formula is C21H24ClN3O4S. The summed E-state index contributed by atoms with van der Waals surface area (Å²) in [6, 6.07) is 11.6. The van der Waals surface area contributed by atoms with E-state index in [0.717, 1.165) is 5.56 Å². The minimum Gasteiger partial charge on any atom is -0.351 e. The van der Waals surface area contributed by atoms with Crippen molar-refractivity contribution in [2.24, 2.45) is 5.73 Å². The van der Waals surface area contributed by atoms with Gasteiger partial charge in [-0.25, -0.2) is 13.2 Å². The summed E-state index contributed by atoms with van der Waals surface area (Å²) in [5, 5.41) is 5.77. The number of hydrogen-bond donors (Lipinski definition) is 3. The molecule has 160 valence electrons. The van der Waals surface area contributed by atoms with E-state index < -0.39 is 32.6 Å². The number of nitrogens with one attached hydrogen (secondary N) is 2. The van der Waals surface area contributed by atoms with Crippen molar-refractivity contribution < 1.29 is 18.0 Å². The van der Waals surface area contributed by atoms with Crippen molar-refractivity contribution in [2.45, 2.75) is 48.3 Å². The fraction of sp³-hybridized carbons (Fsp3) is 0.333. The quantitative estimate of drug-likeness (QED) is 0.621. The van der Waals surface area contributed by atoms with E-state index in [0.29, 0.717) is 23.6 Å². The number of halogens is 1. The van der Waals surface area contributed by atoms with Gasteiger partial charge in [-0.05, 0) is 61.7 Å². The molecular weight excluding hydrogens is 426 g/mol. The summed E-state index contributed by atoms with van der Waals surface area (Å²) in [5.41, 5.74) is 6.40. The van der Waals surface area contributed by atoms with Gasteiger partial charge < -0.3 is 16.4 Å². The Bertz CT molecular complexity index is 1030. The van der Waals surface area contributed by atoms with Gasteiger partial charge in [-0.1, -0.05) is 36.6 Å².